The molecule has 5 aromatic heterocycles. The summed E-state index contributed by atoms with van der Waals surface area (Å²) in [4.78, 5) is 2.40. The lowest BCUT2D eigenvalue weighted by Crippen LogP contribution is -2.77. The van der Waals surface area contributed by atoms with Gasteiger partial charge in [0.05, 0.1) is 7.05 Å². The number of aryl methyl sites for hydroxylation is 5. The molecule has 0 saturated carbocycles. The van der Waals surface area contributed by atoms with Crippen LogP contribution in [0.25, 0.3) is 43.8 Å². The Labute approximate surface area is 474 Å². The summed E-state index contributed by atoms with van der Waals surface area (Å²) in [6, 6.07) is 56.7. The van der Waals surface area contributed by atoms with Gasteiger partial charge in [-0.2, -0.15) is 4.57 Å². The highest BCUT2D eigenvalue weighted by atomic mass is 15.1. The van der Waals surface area contributed by atoms with Crippen LogP contribution in [0, 0.1) is 5.92 Å². The topological polar surface area (TPSA) is 39.2 Å². The van der Waals surface area contributed by atoms with Crippen LogP contribution in [0.3, 0.4) is 0 Å². The van der Waals surface area contributed by atoms with E-state index in [9.17, 15) is 0 Å². The second-order valence-electron chi connectivity index (χ2n) is 17.5. The van der Waals surface area contributed by atoms with Gasteiger partial charge in [-0.05, 0) is 87.3 Å². The summed E-state index contributed by atoms with van der Waals surface area (Å²) < 4.78 is 10.6. The van der Waals surface area contributed by atoms with Crippen LogP contribution in [-0.4, -0.2) is 32.1 Å². The first kappa shape index (κ1) is 79.2. The summed E-state index contributed by atoms with van der Waals surface area (Å²) in [6.45, 7) is 17.4. The van der Waals surface area contributed by atoms with E-state index in [-0.39, 0.29) is 52.0 Å². The number of para-hydroxylation sites is 3. The minimum absolute atomic E-state index is 0. The standard InChI is InChI=1S/C14H12N.C13H16N2.C10H10N.C8H11N.C7H15N.C6H8N.C3H8.C2H6.7CH4/c1-15-13-8-4-2-6-11(13)10-12-7-3-5-9-14(12)15;1-3-15-10-6-13(7-11-15)12-4-8-14(2)9-5-12;1-11-8-4-6-9-5-2-3-7-10(9)11;1-9-7-8-5-3-2-4-6-8;1-7-3-5-8(2)6-4-7;1-7-5-3-2-4-6-7;1-3-2;1-2;;;;;;;/h2-10H,1H3;4-11H,3H2,1-2H3;2-8H,1H3;2-6,9H,7H2,1H3;7H,3-6H2,1-2H3;2-6H,1H3;3H2,1-2H3;1-2H3;7*1H4/q+1;+2;+1;;;+1;;;;;;;;;/p+1. The highest BCUT2D eigenvalue weighted by Gasteiger charge is 2.11. The number of nitrogens with two attached hydrogens (primary N) is 1. The van der Waals surface area contributed by atoms with Crippen LogP contribution < -0.4 is 28.2 Å². The molecular weight excluding hydrogens is 939 g/mol. The lowest BCUT2D eigenvalue weighted by molar-refractivity contribution is -0.693. The number of fused-ring (bicyclic) bond motifs is 3. The Morgan fingerprint density at radius 2 is 0.857 bits per heavy atom. The lowest BCUT2D eigenvalue weighted by atomic mass is 10.00. The van der Waals surface area contributed by atoms with Gasteiger partial charge in [0.1, 0.15) is 41.3 Å². The first-order valence-electron chi connectivity index (χ1n) is 25.5. The number of benzene rings is 4. The van der Waals surface area contributed by atoms with E-state index in [1.807, 2.05) is 73.7 Å². The third-order valence-corrected chi connectivity index (χ3v) is 11.5. The summed E-state index contributed by atoms with van der Waals surface area (Å²) in [6.07, 6.45) is 18.5. The zero-order valence-corrected chi connectivity index (χ0v) is 44.9. The Balaban J connectivity index is -0.000000265. The summed E-state index contributed by atoms with van der Waals surface area (Å²) in [5, 5.41) is 6.03. The molecule has 1 fully saturated rings. The third-order valence-electron chi connectivity index (χ3n) is 11.5. The number of piperidine rings is 1. The molecule has 0 atom stereocenters. The normalized spacial score (nSPS) is 10.5. The molecule has 10 rings (SSSR count). The van der Waals surface area contributed by atoms with Crippen molar-refractivity contribution >= 4 is 32.7 Å². The minimum Gasteiger partial charge on any atom is -0.345 e. The van der Waals surface area contributed by atoms with Gasteiger partial charge in [-0.15, -0.1) is 0 Å². The van der Waals surface area contributed by atoms with Gasteiger partial charge in [-0.25, -0.2) is 18.3 Å². The number of quaternary nitrogens is 1. The van der Waals surface area contributed by atoms with Gasteiger partial charge < -0.3 is 10.2 Å². The van der Waals surface area contributed by atoms with Crippen LogP contribution >= 0.6 is 0 Å². The van der Waals surface area contributed by atoms with E-state index in [1.165, 1.54) is 81.8 Å². The van der Waals surface area contributed by atoms with Crippen LogP contribution in [0.1, 0.15) is 118 Å². The molecular formula is C70H115N7+6. The maximum absolute atomic E-state index is 2.40. The van der Waals surface area contributed by atoms with Crippen LogP contribution in [0.4, 0.5) is 0 Å². The van der Waals surface area contributed by atoms with E-state index in [1.54, 1.807) is 0 Å². The molecule has 0 radical (unpaired) electrons. The van der Waals surface area contributed by atoms with Gasteiger partial charge in [-0.3, -0.25) is 0 Å². The van der Waals surface area contributed by atoms with Crippen molar-refractivity contribution in [2.75, 3.05) is 27.2 Å². The van der Waals surface area contributed by atoms with E-state index >= 15 is 0 Å². The molecule has 77 heavy (non-hydrogen) atoms. The van der Waals surface area contributed by atoms with E-state index in [0.717, 1.165) is 19.0 Å². The fraction of sp³-hybridized carbons (Fsp3) is 0.386. The van der Waals surface area contributed by atoms with E-state index in [4.69, 9.17) is 0 Å². The number of hydrogen-bond donors (Lipinski definition) is 1. The zero-order valence-electron chi connectivity index (χ0n) is 44.9. The first-order chi connectivity index (χ1) is 34.1. The highest BCUT2D eigenvalue weighted by molar-refractivity contribution is 5.88. The average Bonchev–Trinajstić information content (AvgIpc) is 3.40. The van der Waals surface area contributed by atoms with Crippen molar-refractivity contribution < 1.29 is 28.2 Å². The number of nitrogens with zero attached hydrogens (tertiary/aromatic N) is 6. The number of aromatic nitrogens is 5. The van der Waals surface area contributed by atoms with Gasteiger partial charge >= 0.3 is 0 Å². The number of likely N-dealkylation sites (tertiary alicyclic amines) is 1. The van der Waals surface area contributed by atoms with E-state index in [2.05, 4.69) is 250 Å². The Bertz CT molecular complexity index is 2660. The molecule has 7 heteroatoms. The van der Waals surface area contributed by atoms with Crippen molar-refractivity contribution in [3.05, 3.63) is 213 Å². The molecule has 1 aliphatic heterocycles. The number of rotatable bonds is 4. The second kappa shape index (κ2) is 46.6. The fourth-order valence-electron chi connectivity index (χ4n) is 7.46. The fourth-order valence-corrected chi connectivity index (χ4v) is 7.46. The number of pyridine rings is 5. The van der Waals surface area contributed by atoms with E-state index in [0.29, 0.717) is 0 Å². The molecule has 7 nitrogen and oxygen atoms in total. The molecule has 0 bridgehead atoms. The van der Waals surface area contributed by atoms with Gasteiger partial charge in [-0.1, -0.05) is 166 Å². The molecule has 0 spiro atoms. The predicted molar refractivity (Wildman–Crippen MR) is 343 cm³/mol. The van der Waals surface area contributed by atoms with Crippen LogP contribution in [0.15, 0.2) is 207 Å². The SMILES string of the molecule is C.C.C.C.C.C.C.CC.CC1CCN(C)CC1.CCC.CC[n+]1ccc(-c2cc[n+](C)cc2)cc1.C[NH2+]Cc1ccccc1.C[n+]1c2ccccc2cc2ccccc21.C[n+]1cccc2ccccc21.C[n+]1ccccc1. The van der Waals surface area contributed by atoms with Gasteiger partial charge in [0.25, 0.3) is 0 Å². The van der Waals surface area contributed by atoms with Crippen molar-refractivity contribution in [2.45, 2.75) is 126 Å². The molecule has 0 amide bonds. The Morgan fingerprint density at radius 1 is 0.468 bits per heavy atom. The minimum atomic E-state index is 0. The van der Waals surface area contributed by atoms with Crippen LogP contribution in [0.5, 0.6) is 0 Å². The Kier molecular flexibility index (Phi) is 48.0. The van der Waals surface area contributed by atoms with Gasteiger partial charge in [0, 0.05) is 82.4 Å². The van der Waals surface area contributed by atoms with Gasteiger partial charge in [0.15, 0.2) is 43.4 Å². The largest absolute Gasteiger partial charge is 0.345 e. The maximum Gasteiger partial charge on any atom is 0.212 e. The van der Waals surface area contributed by atoms with Gasteiger partial charge in [0.2, 0.25) is 16.6 Å². The van der Waals surface area contributed by atoms with Crippen molar-refractivity contribution in [1.29, 1.82) is 0 Å². The lowest BCUT2D eigenvalue weighted by Gasteiger charge is -2.26. The highest BCUT2D eigenvalue weighted by Crippen LogP contribution is 2.18. The third kappa shape index (κ3) is 29.4. The summed E-state index contributed by atoms with van der Waals surface area (Å²) in [5.41, 5.74) is 7.74. The smallest absolute Gasteiger partial charge is 0.212 e. The Morgan fingerprint density at radius 3 is 1.27 bits per heavy atom. The summed E-state index contributed by atoms with van der Waals surface area (Å²) in [7, 11) is 12.5. The Hall–Kier alpha value is -6.67. The molecule has 1 saturated heterocycles. The molecule has 0 aliphatic carbocycles. The maximum atomic E-state index is 2.40. The van der Waals surface area contributed by atoms with Crippen molar-refractivity contribution in [3.8, 4) is 11.1 Å². The molecule has 4 aromatic carbocycles. The summed E-state index contributed by atoms with van der Waals surface area (Å²) in [5.74, 6) is 0.978. The number of hydrogen-bond acceptors (Lipinski definition) is 1. The van der Waals surface area contributed by atoms with Crippen LogP contribution in [-0.2, 0) is 41.3 Å². The first-order valence-corrected chi connectivity index (χ1v) is 25.5. The molecule has 2 N–H and O–H groups in total. The molecule has 1 aliphatic rings. The molecule has 6 heterocycles. The van der Waals surface area contributed by atoms with E-state index < -0.39 is 0 Å². The quantitative estimate of drug-likeness (QED) is 0.138. The summed E-state index contributed by atoms with van der Waals surface area (Å²) >= 11 is 0. The molecule has 424 valence electrons. The predicted octanol–water partition coefficient (Wildman–Crippen LogP) is 15.1. The monoisotopic (exact) mass is 1050 g/mol. The second-order valence-corrected chi connectivity index (χ2v) is 17.5. The zero-order chi connectivity index (χ0) is 50.9. The molecule has 9 aromatic rings. The van der Waals surface area contributed by atoms with Crippen molar-refractivity contribution in [3.63, 3.8) is 0 Å². The van der Waals surface area contributed by atoms with Crippen molar-refractivity contribution in [2.24, 2.45) is 34.1 Å². The average molecular weight is 1050 g/mol. The van der Waals surface area contributed by atoms with Crippen LogP contribution in [0.2, 0.25) is 0 Å². The van der Waals surface area contributed by atoms with Crippen molar-refractivity contribution in [1.82, 2.24) is 4.90 Å². The molecule has 0 unspecified atom stereocenters.